The molecule has 2 fully saturated rings. The summed E-state index contributed by atoms with van der Waals surface area (Å²) in [5, 5.41) is 16.2. The first-order valence-corrected chi connectivity index (χ1v) is 11.7. The smallest absolute Gasteiger partial charge is 0.410 e. The molecule has 1 amide bonds. The van der Waals surface area contributed by atoms with Crippen LogP contribution in [-0.2, 0) is 9.47 Å². The monoisotopic (exact) mass is 511 g/mol. The fraction of sp³-hybridized carbons (Fsp3) is 0.375. The van der Waals surface area contributed by atoms with Crippen molar-refractivity contribution >= 4 is 34.0 Å². The number of carbonyl (C=O) groups is 1. The highest BCUT2D eigenvalue weighted by Crippen LogP contribution is 2.36. The van der Waals surface area contributed by atoms with Crippen LogP contribution in [0.4, 0.5) is 25.1 Å². The maximum atomic E-state index is 13.6. The van der Waals surface area contributed by atoms with Gasteiger partial charge in [-0.05, 0) is 18.2 Å². The van der Waals surface area contributed by atoms with E-state index in [9.17, 15) is 13.6 Å². The van der Waals surface area contributed by atoms with Gasteiger partial charge in [0.15, 0.2) is 11.5 Å². The first-order chi connectivity index (χ1) is 17.8. The summed E-state index contributed by atoms with van der Waals surface area (Å²) >= 11 is 0. The Balaban J connectivity index is 1.37. The number of halogens is 2. The van der Waals surface area contributed by atoms with E-state index in [4.69, 9.17) is 14.6 Å². The van der Waals surface area contributed by atoms with Gasteiger partial charge >= 0.3 is 6.09 Å². The van der Waals surface area contributed by atoms with E-state index in [0.717, 1.165) is 18.8 Å². The van der Waals surface area contributed by atoms with E-state index in [1.807, 2.05) is 18.3 Å². The molecule has 2 aliphatic heterocycles. The molecule has 0 bridgehead atoms. The average molecular weight is 511 g/mol. The number of alkyl halides is 2. The van der Waals surface area contributed by atoms with Crippen molar-refractivity contribution < 1.29 is 28.2 Å². The van der Waals surface area contributed by atoms with Crippen LogP contribution in [0.25, 0.3) is 27.8 Å². The third-order valence-electron chi connectivity index (χ3n) is 6.87. The lowest BCUT2D eigenvalue weighted by Gasteiger charge is -2.48. The summed E-state index contributed by atoms with van der Waals surface area (Å²) in [7, 11) is 0. The molecule has 192 valence electrons. The molecule has 0 saturated carbocycles. The lowest BCUT2D eigenvalue weighted by atomic mass is 9.81. The zero-order valence-electron chi connectivity index (χ0n) is 19.8. The van der Waals surface area contributed by atoms with E-state index < -0.39 is 18.2 Å². The standard InChI is InChI=1S/C24H23F2N7O4/c1-24(11-36-12-24)17-10-32(4-5-37-17)13-2-3-19-30-22(31-33(19)9-13)16-8-28-20(21(25)26)15-7-27-18(6-14(15)16)29-23(34)35/h2-3,6-9,17,21H,4-5,10-12H2,1H3,(H,27,29)(H,34,35)/t17-/m1/s1. The molecule has 4 aromatic heterocycles. The van der Waals surface area contributed by atoms with Crippen LogP contribution < -0.4 is 10.2 Å². The minimum atomic E-state index is -2.83. The number of anilines is 2. The lowest BCUT2D eigenvalue weighted by Crippen LogP contribution is -2.57. The average Bonchev–Trinajstić information content (AvgIpc) is 3.29. The molecule has 0 aromatic carbocycles. The van der Waals surface area contributed by atoms with Gasteiger partial charge in [0, 0.05) is 47.2 Å². The molecule has 2 saturated heterocycles. The number of morpholine rings is 1. The van der Waals surface area contributed by atoms with Crippen molar-refractivity contribution in [3.63, 3.8) is 0 Å². The van der Waals surface area contributed by atoms with Crippen LogP contribution in [0.15, 0.2) is 36.8 Å². The van der Waals surface area contributed by atoms with Gasteiger partial charge in [-0.2, -0.15) is 0 Å². The van der Waals surface area contributed by atoms with Crippen LogP contribution >= 0.6 is 0 Å². The van der Waals surface area contributed by atoms with Crippen LogP contribution in [0.3, 0.4) is 0 Å². The molecule has 13 heteroatoms. The Hall–Kier alpha value is -3.97. The number of rotatable bonds is 5. The van der Waals surface area contributed by atoms with E-state index in [-0.39, 0.29) is 28.5 Å². The van der Waals surface area contributed by atoms with Crippen molar-refractivity contribution in [2.75, 3.05) is 43.1 Å². The number of hydrogen-bond acceptors (Lipinski definition) is 8. The number of pyridine rings is 3. The summed E-state index contributed by atoms with van der Waals surface area (Å²) in [6.45, 7) is 5.60. The minimum absolute atomic E-state index is 0.00481. The number of hydrogen-bond donors (Lipinski definition) is 2. The molecule has 6 rings (SSSR count). The highest BCUT2D eigenvalue weighted by Gasteiger charge is 2.44. The van der Waals surface area contributed by atoms with Gasteiger partial charge in [-0.15, -0.1) is 5.10 Å². The first kappa shape index (κ1) is 23.4. The number of aromatic nitrogens is 5. The third-order valence-corrected chi connectivity index (χ3v) is 6.87. The van der Waals surface area contributed by atoms with E-state index in [2.05, 4.69) is 37.2 Å². The van der Waals surface area contributed by atoms with E-state index in [0.29, 0.717) is 36.4 Å². The molecule has 4 aromatic rings. The normalized spacial score (nSPS) is 19.4. The fourth-order valence-corrected chi connectivity index (χ4v) is 4.77. The molecule has 0 unspecified atom stereocenters. The molecular weight excluding hydrogens is 488 g/mol. The van der Waals surface area contributed by atoms with Crippen molar-refractivity contribution in [1.29, 1.82) is 0 Å². The molecule has 1 atom stereocenters. The largest absolute Gasteiger partial charge is 0.465 e. The fourth-order valence-electron chi connectivity index (χ4n) is 4.77. The van der Waals surface area contributed by atoms with Crippen LogP contribution in [0, 0.1) is 5.41 Å². The third kappa shape index (κ3) is 4.19. The van der Waals surface area contributed by atoms with Gasteiger partial charge in [0.25, 0.3) is 6.43 Å². The van der Waals surface area contributed by atoms with E-state index >= 15 is 0 Å². The van der Waals surface area contributed by atoms with Crippen molar-refractivity contribution in [2.24, 2.45) is 5.41 Å². The Labute approximate surface area is 209 Å². The van der Waals surface area contributed by atoms with Crippen LogP contribution in [0.2, 0.25) is 0 Å². The summed E-state index contributed by atoms with van der Waals surface area (Å²) in [5.74, 6) is 0.257. The quantitative estimate of drug-likeness (QED) is 0.413. The maximum absolute atomic E-state index is 13.6. The van der Waals surface area contributed by atoms with Gasteiger partial charge in [0.1, 0.15) is 11.5 Å². The summed E-state index contributed by atoms with van der Waals surface area (Å²) < 4.78 is 40.3. The van der Waals surface area contributed by atoms with Gasteiger partial charge in [-0.3, -0.25) is 10.3 Å². The Kier molecular flexibility index (Phi) is 5.60. The van der Waals surface area contributed by atoms with Crippen LogP contribution in [0.1, 0.15) is 19.0 Å². The number of nitrogens with zero attached hydrogens (tertiary/aromatic N) is 6. The van der Waals surface area contributed by atoms with Crippen LogP contribution in [0.5, 0.6) is 0 Å². The first-order valence-electron chi connectivity index (χ1n) is 11.7. The Bertz CT molecular complexity index is 1510. The second kappa shape index (κ2) is 8.85. The number of carboxylic acid groups (broad SMARTS) is 1. The summed E-state index contributed by atoms with van der Waals surface area (Å²) in [6.07, 6.45) is 0.228. The topological polar surface area (TPSA) is 127 Å². The Morgan fingerprint density at radius 2 is 2.08 bits per heavy atom. The van der Waals surface area contributed by atoms with Gasteiger partial charge in [-0.25, -0.2) is 28.1 Å². The molecule has 2 N–H and O–H groups in total. The van der Waals surface area contributed by atoms with Gasteiger partial charge < -0.3 is 19.5 Å². The zero-order valence-corrected chi connectivity index (χ0v) is 19.8. The molecule has 6 heterocycles. The molecule has 2 aliphatic rings. The molecular formula is C24H23F2N7O4. The summed E-state index contributed by atoms with van der Waals surface area (Å²) in [6, 6.07) is 5.18. The summed E-state index contributed by atoms with van der Waals surface area (Å²) in [4.78, 5) is 25.7. The highest BCUT2D eigenvalue weighted by molar-refractivity contribution is 5.98. The van der Waals surface area contributed by atoms with Crippen molar-refractivity contribution in [3.05, 3.63) is 42.5 Å². The SMILES string of the molecule is CC1([C@H]2CN(c3ccc4nc(-c5cnc(C(F)F)c6cnc(NC(=O)O)cc56)nn4c3)CCO2)COC1. The summed E-state index contributed by atoms with van der Waals surface area (Å²) in [5.41, 5.74) is 1.45. The number of amides is 1. The minimum Gasteiger partial charge on any atom is -0.465 e. The molecule has 0 aliphatic carbocycles. The van der Waals surface area contributed by atoms with E-state index in [1.165, 1.54) is 18.5 Å². The molecule has 0 radical (unpaired) electrons. The second-order valence-electron chi connectivity index (χ2n) is 9.48. The predicted octanol–water partition coefficient (Wildman–Crippen LogP) is 3.61. The predicted molar refractivity (Wildman–Crippen MR) is 129 cm³/mol. The number of ether oxygens (including phenoxy) is 2. The Morgan fingerprint density at radius 1 is 1.24 bits per heavy atom. The number of nitrogens with one attached hydrogen (secondary N) is 1. The van der Waals surface area contributed by atoms with Crippen molar-refractivity contribution in [2.45, 2.75) is 19.5 Å². The van der Waals surface area contributed by atoms with E-state index in [1.54, 1.807) is 4.52 Å². The van der Waals surface area contributed by atoms with Gasteiger partial charge in [0.2, 0.25) is 0 Å². The molecule has 11 nitrogen and oxygen atoms in total. The van der Waals surface area contributed by atoms with Gasteiger partial charge in [0.05, 0.1) is 37.8 Å². The maximum Gasteiger partial charge on any atom is 0.410 e. The Morgan fingerprint density at radius 3 is 2.81 bits per heavy atom. The van der Waals surface area contributed by atoms with Gasteiger partial charge in [-0.1, -0.05) is 6.92 Å². The highest BCUT2D eigenvalue weighted by atomic mass is 19.3. The van der Waals surface area contributed by atoms with Crippen LogP contribution in [-0.4, -0.2) is 74.8 Å². The molecule has 0 spiro atoms. The number of fused-ring (bicyclic) bond motifs is 2. The lowest BCUT2D eigenvalue weighted by molar-refractivity contribution is -0.179. The van der Waals surface area contributed by atoms with Crippen molar-refractivity contribution in [3.8, 4) is 11.4 Å². The zero-order chi connectivity index (χ0) is 25.7. The van der Waals surface area contributed by atoms with Crippen molar-refractivity contribution in [1.82, 2.24) is 24.6 Å². The molecule has 37 heavy (non-hydrogen) atoms. The second-order valence-corrected chi connectivity index (χ2v) is 9.48.